The highest BCUT2D eigenvalue weighted by atomic mass is 16.2. The Bertz CT molecular complexity index is 308. The van der Waals surface area contributed by atoms with Crippen molar-refractivity contribution in [1.82, 2.24) is 4.90 Å². The number of amides is 2. The third-order valence-corrected chi connectivity index (χ3v) is 3.99. The quantitative estimate of drug-likeness (QED) is 0.729. The zero-order chi connectivity index (χ0) is 11.8. The van der Waals surface area contributed by atoms with Crippen LogP contribution in [-0.4, -0.2) is 29.3 Å². The molecule has 1 atom stereocenters. The first-order valence-electron chi connectivity index (χ1n) is 6.19. The summed E-state index contributed by atoms with van der Waals surface area (Å²) >= 11 is 0. The van der Waals surface area contributed by atoms with E-state index in [9.17, 15) is 9.59 Å². The number of carbonyl (C=O) groups is 2. The highest BCUT2D eigenvalue weighted by Gasteiger charge is 2.52. The Morgan fingerprint density at radius 2 is 2.00 bits per heavy atom. The summed E-state index contributed by atoms with van der Waals surface area (Å²) in [4.78, 5) is 25.5. The number of rotatable bonds is 3. The SMILES string of the molecule is CCC(N)CN1C(=O)CC2(CCCC2)C1=O. The summed E-state index contributed by atoms with van der Waals surface area (Å²) in [7, 11) is 0. The van der Waals surface area contributed by atoms with E-state index in [0.717, 1.165) is 32.1 Å². The van der Waals surface area contributed by atoms with Gasteiger partial charge < -0.3 is 5.73 Å². The smallest absolute Gasteiger partial charge is 0.235 e. The normalized spacial score (nSPS) is 25.8. The van der Waals surface area contributed by atoms with Crippen LogP contribution in [-0.2, 0) is 9.59 Å². The number of hydrogen-bond acceptors (Lipinski definition) is 3. The molecule has 1 saturated carbocycles. The van der Waals surface area contributed by atoms with Crippen molar-refractivity contribution in [2.75, 3.05) is 6.54 Å². The van der Waals surface area contributed by atoms with Crippen molar-refractivity contribution in [3.05, 3.63) is 0 Å². The van der Waals surface area contributed by atoms with Gasteiger partial charge in [0, 0.05) is 19.0 Å². The lowest BCUT2D eigenvalue weighted by molar-refractivity contribution is -0.141. The van der Waals surface area contributed by atoms with E-state index in [1.807, 2.05) is 6.92 Å². The summed E-state index contributed by atoms with van der Waals surface area (Å²) in [5, 5.41) is 0. The predicted octanol–water partition coefficient (Wildman–Crippen LogP) is 1.04. The molecule has 1 saturated heterocycles. The fourth-order valence-electron chi connectivity index (χ4n) is 2.85. The fourth-order valence-corrected chi connectivity index (χ4v) is 2.85. The lowest BCUT2D eigenvalue weighted by atomic mass is 9.84. The van der Waals surface area contributed by atoms with Crippen molar-refractivity contribution >= 4 is 11.8 Å². The predicted molar refractivity (Wildman–Crippen MR) is 60.5 cm³/mol. The summed E-state index contributed by atoms with van der Waals surface area (Å²) in [6.45, 7) is 2.37. The number of nitrogens with two attached hydrogens (primary N) is 1. The Hall–Kier alpha value is -0.900. The van der Waals surface area contributed by atoms with Crippen molar-refractivity contribution in [1.29, 1.82) is 0 Å². The average molecular weight is 224 g/mol. The van der Waals surface area contributed by atoms with Crippen LogP contribution in [0.4, 0.5) is 0 Å². The maximum atomic E-state index is 12.2. The molecule has 1 unspecified atom stereocenters. The minimum Gasteiger partial charge on any atom is -0.326 e. The van der Waals surface area contributed by atoms with Crippen LogP contribution in [0.2, 0.25) is 0 Å². The van der Waals surface area contributed by atoms with Gasteiger partial charge >= 0.3 is 0 Å². The molecule has 4 nitrogen and oxygen atoms in total. The molecule has 1 aliphatic carbocycles. The average Bonchev–Trinajstić information content (AvgIpc) is 2.81. The molecular weight excluding hydrogens is 204 g/mol. The van der Waals surface area contributed by atoms with Crippen molar-refractivity contribution < 1.29 is 9.59 Å². The van der Waals surface area contributed by atoms with Gasteiger partial charge in [-0.25, -0.2) is 0 Å². The summed E-state index contributed by atoms with van der Waals surface area (Å²) in [5.74, 6) is 0.0229. The number of imide groups is 1. The third-order valence-electron chi connectivity index (χ3n) is 3.99. The lowest BCUT2D eigenvalue weighted by Gasteiger charge is -2.22. The Kier molecular flexibility index (Phi) is 3.02. The molecule has 2 amide bonds. The van der Waals surface area contributed by atoms with Gasteiger partial charge in [-0.2, -0.15) is 0 Å². The first-order valence-corrected chi connectivity index (χ1v) is 6.19. The van der Waals surface area contributed by atoms with Crippen LogP contribution in [0.3, 0.4) is 0 Å². The fraction of sp³-hybridized carbons (Fsp3) is 0.833. The van der Waals surface area contributed by atoms with Gasteiger partial charge in [0.2, 0.25) is 11.8 Å². The molecular formula is C12H20N2O2. The molecule has 2 N–H and O–H groups in total. The molecule has 0 aromatic heterocycles. The molecule has 4 heteroatoms. The Balaban J connectivity index is 2.10. The van der Waals surface area contributed by atoms with E-state index >= 15 is 0 Å². The van der Waals surface area contributed by atoms with Crippen LogP contribution in [0, 0.1) is 5.41 Å². The highest BCUT2D eigenvalue weighted by molar-refractivity contribution is 6.06. The molecule has 1 spiro atoms. The van der Waals surface area contributed by atoms with Gasteiger partial charge in [0.05, 0.1) is 5.41 Å². The second-order valence-corrected chi connectivity index (χ2v) is 5.14. The second kappa shape index (κ2) is 4.17. The van der Waals surface area contributed by atoms with Crippen LogP contribution in [0.5, 0.6) is 0 Å². The molecule has 0 aromatic carbocycles. The Morgan fingerprint density at radius 3 is 2.56 bits per heavy atom. The number of hydrogen-bond donors (Lipinski definition) is 1. The monoisotopic (exact) mass is 224 g/mol. The van der Waals surface area contributed by atoms with Gasteiger partial charge in [0.25, 0.3) is 0 Å². The van der Waals surface area contributed by atoms with Crippen LogP contribution >= 0.6 is 0 Å². The van der Waals surface area contributed by atoms with Gasteiger partial charge in [-0.15, -0.1) is 0 Å². The standard InChI is InChI=1S/C12H20N2O2/c1-2-9(13)8-14-10(15)7-12(11(14)16)5-3-4-6-12/h9H,2-8,13H2,1H3. The molecule has 2 rings (SSSR count). The van der Waals surface area contributed by atoms with Crippen molar-refractivity contribution in [2.24, 2.45) is 11.1 Å². The van der Waals surface area contributed by atoms with Crippen LogP contribution in [0.15, 0.2) is 0 Å². The van der Waals surface area contributed by atoms with Crippen molar-refractivity contribution in [3.8, 4) is 0 Å². The Labute approximate surface area is 96.2 Å². The van der Waals surface area contributed by atoms with Crippen molar-refractivity contribution in [3.63, 3.8) is 0 Å². The second-order valence-electron chi connectivity index (χ2n) is 5.14. The molecule has 1 heterocycles. The molecule has 0 radical (unpaired) electrons. The molecule has 2 aliphatic rings. The van der Waals surface area contributed by atoms with E-state index in [1.165, 1.54) is 4.90 Å². The maximum Gasteiger partial charge on any atom is 0.235 e. The van der Waals surface area contributed by atoms with E-state index < -0.39 is 0 Å². The summed E-state index contributed by atoms with van der Waals surface area (Å²) in [5.41, 5.74) is 5.48. The molecule has 0 aromatic rings. The highest BCUT2D eigenvalue weighted by Crippen LogP contribution is 2.46. The minimum absolute atomic E-state index is 0.0178. The van der Waals surface area contributed by atoms with E-state index in [2.05, 4.69) is 0 Å². The van der Waals surface area contributed by atoms with Gasteiger partial charge in [-0.1, -0.05) is 19.8 Å². The topological polar surface area (TPSA) is 63.4 Å². The van der Waals surface area contributed by atoms with Crippen molar-refractivity contribution in [2.45, 2.75) is 51.5 Å². The molecule has 90 valence electrons. The van der Waals surface area contributed by atoms with E-state index in [1.54, 1.807) is 0 Å². The van der Waals surface area contributed by atoms with E-state index in [4.69, 9.17) is 5.73 Å². The minimum atomic E-state index is -0.343. The summed E-state index contributed by atoms with van der Waals surface area (Å²) in [6, 6.07) is -0.0792. The zero-order valence-corrected chi connectivity index (χ0v) is 9.87. The number of carbonyl (C=O) groups excluding carboxylic acids is 2. The first-order chi connectivity index (χ1) is 7.59. The van der Waals surface area contributed by atoms with Gasteiger partial charge in [-0.05, 0) is 19.3 Å². The maximum absolute atomic E-state index is 12.2. The van der Waals surface area contributed by atoms with E-state index in [-0.39, 0.29) is 23.3 Å². The van der Waals surface area contributed by atoms with Crippen LogP contribution < -0.4 is 5.73 Å². The number of likely N-dealkylation sites (tertiary alicyclic amines) is 1. The van der Waals surface area contributed by atoms with E-state index in [0.29, 0.717) is 13.0 Å². The zero-order valence-electron chi connectivity index (χ0n) is 9.87. The third kappa shape index (κ3) is 1.75. The molecule has 16 heavy (non-hydrogen) atoms. The Morgan fingerprint density at radius 1 is 1.38 bits per heavy atom. The van der Waals surface area contributed by atoms with Gasteiger partial charge in [0.15, 0.2) is 0 Å². The first kappa shape index (κ1) is 11.6. The van der Waals surface area contributed by atoms with Gasteiger partial charge in [-0.3, -0.25) is 14.5 Å². The summed E-state index contributed by atoms with van der Waals surface area (Å²) in [6.07, 6.45) is 5.14. The number of nitrogens with zero attached hydrogens (tertiary/aromatic N) is 1. The largest absolute Gasteiger partial charge is 0.326 e. The van der Waals surface area contributed by atoms with Gasteiger partial charge in [0.1, 0.15) is 0 Å². The van der Waals surface area contributed by atoms with Crippen LogP contribution in [0.25, 0.3) is 0 Å². The lowest BCUT2D eigenvalue weighted by Crippen LogP contribution is -2.42. The summed E-state index contributed by atoms with van der Waals surface area (Å²) < 4.78 is 0. The van der Waals surface area contributed by atoms with Crippen LogP contribution in [0.1, 0.15) is 45.4 Å². The molecule has 0 bridgehead atoms. The molecule has 2 fully saturated rings. The molecule has 1 aliphatic heterocycles.